The summed E-state index contributed by atoms with van der Waals surface area (Å²) >= 11 is 2.87. The second kappa shape index (κ2) is 3.61. The van der Waals surface area contributed by atoms with Gasteiger partial charge in [0.25, 0.3) is 5.92 Å². The molecule has 0 radical (unpaired) electrons. The Labute approximate surface area is 86.9 Å². The van der Waals surface area contributed by atoms with Gasteiger partial charge in [-0.25, -0.2) is 9.78 Å². The second-order valence-electron chi connectivity index (χ2n) is 2.76. The normalized spacial score (nSPS) is 11.4. The minimum Gasteiger partial charge on any atom is -0.478 e. The summed E-state index contributed by atoms with van der Waals surface area (Å²) in [6, 6.07) is 2.02. The van der Waals surface area contributed by atoms with Gasteiger partial charge in [0.15, 0.2) is 0 Å². The van der Waals surface area contributed by atoms with Crippen LogP contribution in [0.15, 0.2) is 16.7 Å². The third-order valence-corrected chi connectivity index (χ3v) is 1.90. The molecule has 0 saturated heterocycles. The lowest BCUT2D eigenvalue weighted by Crippen LogP contribution is -2.11. The first-order valence-corrected chi connectivity index (χ1v) is 4.39. The summed E-state index contributed by atoms with van der Waals surface area (Å²) in [7, 11) is 0. The zero-order valence-corrected chi connectivity index (χ0v) is 8.68. The van der Waals surface area contributed by atoms with Gasteiger partial charge in [-0.05, 0) is 28.1 Å². The Morgan fingerprint density at radius 2 is 2.14 bits per heavy atom. The molecule has 0 aliphatic heterocycles. The highest BCUT2D eigenvalue weighted by Gasteiger charge is 2.27. The highest BCUT2D eigenvalue weighted by atomic mass is 79.9. The van der Waals surface area contributed by atoms with Crippen molar-refractivity contribution in [2.45, 2.75) is 12.8 Å². The highest BCUT2D eigenvalue weighted by molar-refractivity contribution is 9.10. The number of nitrogens with zero attached hydrogens (tertiary/aromatic N) is 1. The van der Waals surface area contributed by atoms with Crippen LogP contribution in [0, 0.1) is 0 Å². The zero-order valence-electron chi connectivity index (χ0n) is 7.09. The van der Waals surface area contributed by atoms with Gasteiger partial charge < -0.3 is 5.11 Å². The fraction of sp³-hybridized carbons (Fsp3) is 0.250. The third-order valence-electron chi connectivity index (χ3n) is 1.49. The molecular formula is C8H6BrF2NO2. The molecule has 0 unspecified atom stereocenters. The molecule has 3 nitrogen and oxygen atoms in total. The van der Waals surface area contributed by atoms with Crippen LogP contribution in [0.5, 0.6) is 0 Å². The van der Waals surface area contributed by atoms with Crippen LogP contribution >= 0.6 is 15.9 Å². The lowest BCUT2D eigenvalue weighted by atomic mass is 10.2. The van der Waals surface area contributed by atoms with Crippen molar-refractivity contribution in [3.8, 4) is 0 Å². The molecule has 0 saturated carbocycles. The first kappa shape index (κ1) is 11.0. The van der Waals surface area contributed by atoms with Crippen molar-refractivity contribution < 1.29 is 18.7 Å². The van der Waals surface area contributed by atoms with Crippen LogP contribution in [0.1, 0.15) is 23.0 Å². The van der Waals surface area contributed by atoms with Crippen molar-refractivity contribution in [3.05, 3.63) is 28.0 Å². The first-order valence-electron chi connectivity index (χ1n) is 3.60. The number of pyridine rings is 1. The number of hydrogen-bond donors (Lipinski definition) is 1. The average molecular weight is 266 g/mol. The van der Waals surface area contributed by atoms with E-state index in [9.17, 15) is 13.6 Å². The molecule has 0 atom stereocenters. The lowest BCUT2D eigenvalue weighted by Gasteiger charge is -2.10. The molecule has 0 spiro atoms. The summed E-state index contributed by atoms with van der Waals surface area (Å²) < 4.78 is 25.7. The zero-order chi connectivity index (χ0) is 10.9. The molecule has 1 aromatic rings. The molecule has 76 valence electrons. The average Bonchev–Trinajstić information content (AvgIpc) is 2.01. The van der Waals surface area contributed by atoms with Crippen LogP contribution < -0.4 is 0 Å². The largest absolute Gasteiger partial charge is 0.478 e. The van der Waals surface area contributed by atoms with Crippen molar-refractivity contribution in [2.24, 2.45) is 0 Å². The molecule has 0 aliphatic carbocycles. The molecule has 0 fully saturated rings. The maximum Gasteiger partial charge on any atom is 0.335 e. The molecular weight excluding hydrogens is 260 g/mol. The van der Waals surface area contributed by atoms with Crippen molar-refractivity contribution >= 4 is 21.9 Å². The van der Waals surface area contributed by atoms with E-state index in [0.717, 1.165) is 12.1 Å². The van der Waals surface area contributed by atoms with E-state index in [1.54, 1.807) is 0 Å². The Hall–Kier alpha value is -1.04. The van der Waals surface area contributed by atoms with Gasteiger partial charge in [-0.15, -0.1) is 0 Å². The Balaban J connectivity index is 3.28. The molecule has 0 bridgehead atoms. The van der Waals surface area contributed by atoms with E-state index in [-0.39, 0.29) is 10.2 Å². The highest BCUT2D eigenvalue weighted by Crippen LogP contribution is 2.27. The van der Waals surface area contributed by atoms with E-state index in [2.05, 4.69) is 20.9 Å². The molecule has 1 rings (SSSR count). The number of aromatic nitrogens is 1. The molecule has 0 amide bonds. The summed E-state index contributed by atoms with van der Waals surface area (Å²) in [6.45, 7) is 0.660. The Morgan fingerprint density at radius 1 is 1.57 bits per heavy atom. The number of aromatic carboxylic acids is 1. The van der Waals surface area contributed by atoms with Crippen LogP contribution in [0.2, 0.25) is 0 Å². The van der Waals surface area contributed by atoms with Gasteiger partial charge in [0, 0.05) is 6.92 Å². The fourth-order valence-corrected chi connectivity index (χ4v) is 1.28. The Kier molecular flexibility index (Phi) is 2.84. The van der Waals surface area contributed by atoms with Gasteiger partial charge in [0.1, 0.15) is 10.3 Å². The topological polar surface area (TPSA) is 50.2 Å². The van der Waals surface area contributed by atoms with Crippen LogP contribution in [0.25, 0.3) is 0 Å². The Morgan fingerprint density at radius 3 is 2.57 bits per heavy atom. The maximum atomic E-state index is 12.8. The summed E-state index contributed by atoms with van der Waals surface area (Å²) in [5, 5.41) is 8.61. The molecule has 6 heteroatoms. The van der Waals surface area contributed by atoms with Crippen molar-refractivity contribution in [1.82, 2.24) is 4.98 Å². The molecule has 0 aliphatic rings. The number of alkyl halides is 2. The van der Waals surface area contributed by atoms with Gasteiger partial charge in [-0.3, -0.25) is 0 Å². The van der Waals surface area contributed by atoms with Crippen molar-refractivity contribution in [1.29, 1.82) is 0 Å². The van der Waals surface area contributed by atoms with Gasteiger partial charge in [0.05, 0.1) is 5.56 Å². The van der Waals surface area contributed by atoms with E-state index in [0.29, 0.717) is 6.92 Å². The van der Waals surface area contributed by atoms with Crippen molar-refractivity contribution in [3.63, 3.8) is 0 Å². The first-order chi connectivity index (χ1) is 6.30. The van der Waals surface area contributed by atoms with Crippen LogP contribution in [0.4, 0.5) is 8.78 Å². The van der Waals surface area contributed by atoms with Gasteiger partial charge in [0.2, 0.25) is 0 Å². The SMILES string of the molecule is CC(F)(F)c1cc(C(=O)O)cc(Br)n1. The van der Waals surface area contributed by atoms with E-state index in [1.165, 1.54) is 0 Å². The van der Waals surface area contributed by atoms with E-state index < -0.39 is 17.6 Å². The summed E-state index contributed by atoms with van der Waals surface area (Å²) in [5.41, 5.74) is -0.785. The summed E-state index contributed by atoms with van der Waals surface area (Å²) in [5.74, 6) is -4.41. The van der Waals surface area contributed by atoms with E-state index in [1.807, 2.05) is 0 Å². The lowest BCUT2D eigenvalue weighted by molar-refractivity contribution is 0.0125. The summed E-state index contributed by atoms with van der Waals surface area (Å²) in [4.78, 5) is 14.0. The van der Waals surface area contributed by atoms with Gasteiger partial charge in [-0.2, -0.15) is 8.78 Å². The molecule has 1 N–H and O–H groups in total. The minimum atomic E-state index is -3.14. The van der Waals surface area contributed by atoms with Crippen LogP contribution in [0.3, 0.4) is 0 Å². The van der Waals surface area contributed by atoms with Gasteiger partial charge >= 0.3 is 5.97 Å². The predicted octanol–water partition coefficient (Wildman–Crippen LogP) is 2.65. The minimum absolute atomic E-state index is 0.0777. The summed E-state index contributed by atoms with van der Waals surface area (Å²) in [6.07, 6.45) is 0. The third kappa shape index (κ3) is 2.47. The number of carbonyl (C=O) groups is 1. The molecule has 1 aromatic heterocycles. The van der Waals surface area contributed by atoms with Crippen molar-refractivity contribution in [2.75, 3.05) is 0 Å². The number of carboxylic acid groups (broad SMARTS) is 1. The number of rotatable bonds is 2. The molecule has 0 aromatic carbocycles. The second-order valence-corrected chi connectivity index (χ2v) is 3.57. The van der Waals surface area contributed by atoms with Gasteiger partial charge in [-0.1, -0.05) is 0 Å². The number of halogens is 3. The monoisotopic (exact) mass is 265 g/mol. The maximum absolute atomic E-state index is 12.8. The number of hydrogen-bond acceptors (Lipinski definition) is 2. The molecule has 14 heavy (non-hydrogen) atoms. The molecule has 1 heterocycles. The standard InChI is InChI=1S/C8H6BrF2NO2/c1-8(10,11)5-2-4(7(13)14)3-6(9)12-5/h2-3H,1H3,(H,13,14). The fourth-order valence-electron chi connectivity index (χ4n) is 0.845. The Bertz CT molecular complexity index is 376. The van der Waals surface area contributed by atoms with E-state index in [4.69, 9.17) is 5.11 Å². The quantitative estimate of drug-likeness (QED) is 0.837. The van der Waals surface area contributed by atoms with E-state index >= 15 is 0 Å². The number of carboxylic acids is 1. The van der Waals surface area contributed by atoms with Crippen LogP contribution in [-0.2, 0) is 5.92 Å². The smallest absolute Gasteiger partial charge is 0.335 e. The predicted molar refractivity (Wildman–Crippen MR) is 48.5 cm³/mol. The van der Waals surface area contributed by atoms with Crippen LogP contribution in [-0.4, -0.2) is 16.1 Å².